The van der Waals surface area contributed by atoms with Gasteiger partial charge in [0.25, 0.3) is 0 Å². The molecular weight excluding hydrogens is 256 g/mol. The number of hydrogen-bond acceptors (Lipinski definition) is 4. The number of nitrogens with two attached hydrogens (primary N) is 1. The maximum atomic E-state index is 12.3. The van der Waals surface area contributed by atoms with Gasteiger partial charge in [0, 0.05) is 6.07 Å². The van der Waals surface area contributed by atoms with Crippen molar-refractivity contribution in [1.82, 2.24) is 9.90 Å². The second kappa shape index (κ2) is 4.41. The molecular formula is C14H14N4O2. The van der Waals surface area contributed by atoms with Crippen LogP contribution in [0.3, 0.4) is 0 Å². The highest BCUT2D eigenvalue weighted by atomic mass is 16.5. The van der Waals surface area contributed by atoms with E-state index in [1.807, 2.05) is 13.0 Å². The quantitative estimate of drug-likeness (QED) is 0.435. The Morgan fingerprint density at radius 3 is 2.75 bits per heavy atom. The summed E-state index contributed by atoms with van der Waals surface area (Å²) in [6.07, 6.45) is 0. The van der Waals surface area contributed by atoms with Crippen molar-refractivity contribution in [1.29, 1.82) is 0 Å². The summed E-state index contributed by atoms with van der Waals surface area (Å²) in [7, 11) is 1.58. The van der Waals surface area contributed by atoms with Crippen molar-refractivity contribution >= 4 is 16.7 Å². The number of nitrogens with zero attached hydrogens (tertiary/aromatic N) is 3. The van der Waals surface area contributed by atoms with Gasteiger partial charge in [-0.3, -0.25) is 0 Å². The standard InChI is InChI=1S/C14H14N4O2/c1-9-7-13(10(15)8-14(9)20-2)17-16-11-5-3-4-6-12(11)18(17)19/h3-8H,15H2,1-2H3. The molecule has 3 rings (SSSR count). The lowest BCUT2D eigenvalue weighted by molar-refractivity contribution is -0.664. The molecule has 0 atom stereocenters. The van der Waals surface area contributed by atoms with Crippen LogP contribution in [0.5, 0.6) is 5.75 Å². The molecule has 0 bridgehead atoms. The van der Waals surface area contributed by atoms with Gasteiger partial charge < -0.3 is 15.7 Å². The second-order valence-corrected chi connectivity index (χ2v) is 4.53. The number of rotatable bonds is 2. The van der Waals surface area contributed by atoms with Gasteiger partial charge in [-0.1, -0.05) is 12.1 Å². The lowest BCUT2D eigenvalue weighted by atomic mass is 10.1. The Balaban J connectivity index is 2.25. The Kier molecular flexibility index (Phi) is 2.71. The average molecular weight is 270 g/mol. The van der Waals surface area contributed by atoms with E-state index in [4.69, 9.17) is 10.5 Å². The highest BCUT2D eigenvalue weighted by Gasteiger charge is 2.18. The third-order valence-electron chi connectivity index (χ3n) is 3.22. The van der Waals surface area contributed by atoms with Crippen molar-refractivity contribution < 1.29 is 9.58 Å². The van der Waals surface area contributed by atoms with Gasteiger partial charge in [0.15, 0.2) is 5.69 Å². The Morgan fingerprint density at radius 1 is 1.30 bits per heavy atom. The summed E-state index contributed by atoms with van der Waals surface area (Å²) in [6, 6.07) is 10.6. The monoisotopic (exact) mass is 270 g/mol. The van der Waals surface area contributed by atoms with Gasteiger partial charge in [-0.05, 0) is 35.5 Å². The number of fused-ring (bicyclic) bond motifs is 1. The van der Waals surface area contributed by atoms with Crippen LogP contribution in [0.4, 0.5) is 5.69 Å². The molecule has 6 heteroatoms. The Labute approximate surface area is 115 Å². The summed E-state index contributed by atoms with van der Waals surface area (Å²) in [5.74, 6) is 0.681. The number of aryl methyl sites for hydroxylation is 1. The number of benzene rings is 2. The van der Waals surface area contributed by atoms with Gasteiger partial charge in [-0.2, -0.15) is 0 Å². The number of ether oxygens (including phenoxy) is 1. The zero-order chi connectivity index (χ0) is 14.3. The number of hydrogen-bond donors (Lipinski definition) is 1. The molecule has 0 aliphatic carbocycles. The molecule has 102 valence electrons. The van der Waals surface area contributed by atoms with E-state index in [1.54, 1.807) is 37.4 Å². The fraction of sp³-hybridized carbons (Fsp3) is 0.143. The van der Waals surface area contributed by atoms with Crippen LogP contribution in [0.2, 0.25) is 0 Å². The van der Waals surface area contributed by atoms with Gasteiger partial charge in [0.05, 0.1) is 17.9 Å². The van der Waals surface area contributed by atoms with E-state index in [9.17, 15) is 5.21 Å². The van der Waals surface area contributed by atoms with Crippen LogP contribution in [0.1, 0.15) is 5.56 Å². The van der Waals surface area contributed by atoms with E-state index in [0.29, 0.717) is 28.2 Å². The number of nitrogen functional groups attached to an aromatic ring is 1. The smallest absolute Gasteiger partial charge is 0.250 e. The zero-order valence-electron chi connectivity index (χ0n) is 11.2. The van der Waals surface area contributed by atoms with Crippen molar-refractivity contribution in [2.75, 3.05) is 12.8 Å². The van der Waals surface area contributed by atoms with E-state index < -0.39 is 0 Å². The molecule has 0 aliphatic rings. The van der Waals surface area contributed by atoms with Crippen molar-refractivity contribution in [3.05, 3.63) is 47.2 Å². The normalized spacial score (nSPS) is 10.9. The van der Waals surface area contributed by atoms with Crippen molar-refractivity contribution in [3.8, 4) is 11.4 Å². The fourth-order valence-electron chi connectivity index (χ4n) is 2.19. The molecule has 2 aromatic carbocycles. The van der Waals surface area contributed by atoms with Crippen molar-refractivity contribution in [3.63, 3.8) is 0 Å². The molecule has 0 fully saturated rings. The number of methoxy groups -OCH3 is 1. The molecule has 0 radical (unpaired) electrons. The van der Waals surface area contributed by atoms with Crippen molar-refractivity contribution in [2.24, 2.45) is 0 Å². The number of anilines is 1. The van der Waals surface area contributed by atoms with E-state index in [2.05, 4.69) is 5.10 Å². The van der Waals surface area contributed by atoms with E-state index in [-0.39, 0.29) is 0 Å². The van der Waals surface area contributed by atoms with E-state index >= 15 is 0 Å². The second-order valence-electron chi connectivity index (χ2n) is 4.53. The maximum Gasteiger partial charge on any atom is 0.250 e. The van der Waals surface area contributed by atoms with Crippen LogP contribution >= 0.6 is 0 Å². The predicted molar refractivity (Wildman–Crippen MR) is 75.7 cm³/mol. The maximum absolute atomic E-state index is 12.3. The molecule has 0 unspecified atom stereocenters. The highest BCUT2D eigenvalue weighted by molar-refractivity contribution is 5.71. The summed E-state index contributed by atoms with van der Waals surface area (Å²) in [4.78, 5) is 1.99. The molecule has 0 amide bonds. The molecule has 6 nitrogen and oxygen atoms in total. The first-order chi connectivity index (χ1) is 9.61. The molecule has 0 saturated heterocycles. The largest absolute Gasteiger partial charge is 0.692 e. The minimum Gasteiger partial charge on any atom is -0.692 e. The summed E-state index contributed by atoms with van der Waals surface area (Å²) < 4.78 is 5.21. The molecule has 1 aromatic heterocycles. The minimum absolute atomic E-state index is 0.435. The van der Waals surface area contributed by atoms with Crippen LogP contribution in [-0.4, -0.2) is 17.0 Å². The minimum atomic E-state index is 0.435. The Bertz CT molecular complexity index is 795. The van der Waals surface area contributed by atoms with Gasteiger partial charge in [0.1, 0.15) is 5.75 Å². The summed E-state index contributed by atoms with van der Waals surface area (Å²) in [5.41, 5.74) is 8.97. The third-order valence-corrected chi connectivity index (χ3v) is 3.22. The molecule has 0 saturated carbocycles. The lowest BCUT2D eigenvalue weighted by Crippen LogP contribution is -2.37. The predicted octanol–water partition coefficient (Wildman–Crippen LogP) is 1.56. The number of aromatic nitrogens is 3. The Morgan fingerprint density at radius 2 is 2.05 bits per heavy atom. The van der Waals surface area contributed by atoms with Crippen LogP contribution in [0, 0.1) is 12.1 Å². The molecule has 3 aromatic rings. The van der Waals surface area contributed by atoms with Gasteiger partial charge >= 0.3 is 0 Å². The van der Waals surface area contributed by atoms with Gasteiger partial charge in [-0.15, -0.1) is 4.85 Å². The summed E-state index contributed by atoms with van der Waals surface area (Å²) in [6.45, 7) is 1.89. The number of para-hydroxylation sites is 1. The zero-order valence-corrected chi connectivity index (χ0v) is 11.2. The van der Waals surface area contributed by atoms with E-state index in [1.165, 1.54) is 4.80 Å². The summed E-state index contributed by atoms with van der Waals surface area (Å²) >= 11 is 0. The highest BCUT2D eigenvalue weighted by Crippen LogP contribution is 2.26. The van der Waals surface area contributed by atoms with Crippen molar-refractivity contribution in [2.45, 2.75) is 6.92 Å². The SMILES string of the molecule is COc1cc(N)c(-n2nc3ccccc3[n+]2[O-])cc1C. The average Bonchev–Trinajstić information content (AvgIpc) is 2.78. The van der Waals surface area contributed by atoms with Crippen LogP contribution in [0.15, 0.2) is 36.4 Å². The first-order valence-electron chi connectivity index (χ1n) is 6.14. The van der Waals surface area contributed by atoms with Gasteiger partial charge in [0.2, 0.25) is 11.0 Å². The fourth-order valence-corrected chi connectivity index (χ4v) is 2.19. The van der Waals surface area contributed by atoms with E-state index in [0.717, 1.165) is 10.4 Å². The third kappa shape index (κ3) is 1.73. The van der Waals surface area contributed by atoms with Crippen LogP contribution in [-0.2, 0) is 0 Å². The Hall–Kier alpha value is -2.76. The first kappa shape index (κ1) is 12.3. The first-order valence-corrected chi connectivity index (χ1v) is 6.14. The molecule has 0 spiro atoms. The molecule has 0 aliphatic heterocycles. The molecule has 2 N–H and O–H groups in total. The molecule has 20 heavy (non-hydrogen) atoms. The molecule has 1 heterocycles. The van der Waals surface area contributed by atoms with Gasteiger partial charge in [-0.25, -0.2) is 0 Å². The van der Waals surface area contributed by atoms with Crippen LogP contribution < -0.4 is 15.3 Å². The van der Waals surface area contributed by atoms with Crippen LogP contribution in [0.25, 0.3) is 16.7 Å². The topological polar surface area (TPSA) is 80.0 Å². The summed E-state index contributed by atoms with van der Waals surface area (Å²) in [5, 5.41) is 16.6. The lowest BCUT2D eigenvalue weighted by Gasteiger charge is -2.10.